The summed E-state index contributed by atoms with van der Waals surface area (Å²) in [7, 11) is 0. The third kappa shape index (κ3) is 25.7. The van der Waals surface area contributed by atoms with Crippen molar-refractivity contribution in [2.24, 2.45) is 0 Å². The van der Waals surface area contributed by atoms with Gasteiger partial charge in [0.15, 0.2) is 5.79 Å². The molecule has 8 atom stereocenters. The Morgan fingerprint density at radius 3 is 1.29 bits per heavy atom. The molecule has 1 N–H and O–H groups in total. The van der Waals surface area contributed by atoms with Crippen molar-refractivity contribution < 1.29 is 38.0 Å². The van der Waals surface area contributed by atoms with E-state index in [4.69, 9.17) is 33.2 Å². The SMILES string of the molecule is CCCCCCCCCCCCCCCCCCCCCCCC(=O)N[C@@H](CC[C@H]1O[C@H](COCc2ccccc2)[C@H](OCc2ccccc2)[C@H](OCc2ccccc2)[C@H]1OCc1ccccc1)[C@@H]1OC(C)(C)O[C@@H]1CCCCC. The van der Waals surface area contributed by atoms with Crippen molar-refractivity contribution in [2.75, 3.05) is 6.61 Å². The standard InChI is InChI=1S/C71H107NO8/c1-5-7-9-10-11-12-13-14-15-16-17-18-19-20-21-22-23-24-25-26-40-50-66(73)72-62(67-64(49-31-8-6-2)79-71(3,4)80-67)51-52-63-68(75-54-59-43-34-28-35-44-59)70(77-56-61-47-38-30-39-48-61)69(76-55-60-45-36-29-37-46-60)65(78-63)57-74-53-58-41-32-27-33-42-58/h27-30,32-39,41-48,62-65,67-70H,5-26,31,40,49-57H2,1-4H3,(H,72,73)/t62-,63+,64+,65+,67-,68-,69-,70+/m0/s1. The lowest BCUT2D eigenvalue weighted by Gasteiger charge is -2.46. The van der Waals surface area contributed by atoms with Crippen molar-refractivity contribution in [3.63, 3.8) is 0 Å². The molecule has 0 saturated carbocycles. The lowest BCUT2D eigenvalue weighted by atomic mass is 9.89. The molecule has 0 aromatic heterocycles. The quantitative estimate of drug-likeness (QED) is 0.0438. The van der Waals surface area contributed by atoms with E-state index in [1.807, 2.05) is 86.6 Å². The van der Waals surface area contributed by atoms with E-state index < -0.39 is 36.3 Å². The molecule has 4 aromatic rings. The van der Waals surface area contributed by atoms with Gasteiger partial charge in [0.05, 0.1) is 51.3 Å². The first-order chi connectivity index (χ1) is 39.3. The second-order valence-electron chi connectivity index (χ2n) is 23.7. The van der Waals surface area contributed by atoms with Gasteiger partial charge in [-0.1, -0.05) is 283 Å². The number of nitrogens with one attached hydrogen (secondary N) is 1. The second-order valence-corrected chi connectivity index (χ2v) is 23.7. The van der Waals surface area contributed by atoms with Gasteiger partial charge in [-0.2, -0.15) is 0 Å². The third-order valence-electron chi connectivity index (χ3n) is 16.3. The summed E-state index contributed by atoms with van der Waals surface area (Å²) < 4.78 is 48.5. The maximum Gasteiger partial charge on any atom is 0.220 e. The normalized spacial score (nSPS) is 21.2. The molecule has 0 spiro atoms. The Labute approximate surface area is 485 Å². The molecular weight excluding hydrogens is 995 g/mol. The van der Waals surface area contributed by atoms with Crippen LogP contribution in [-0.2, 0) is 64.4 Å². The van der Waals surface area contributed by atoms with E-state index in [1.165, 1.54) is 122 Å². The van der Waals surface area contributed by atoms with Crippen LogP contribution in [0.1, 0.15) is 230 Å². The Bertz CT molecular complexity index is 2130. The lowest BCUT2D eigenvalue weighted by Crippen LogP contribution is -2.61. The van der Waals surface area contributed by atoms with Crippen LogP contribution in [0, 0.1) is 0 Å². The molecular formula is C71H107NO8. The van der Waals surface area contributed by atoms with Gasteiger partial charge in [-0.15, -0.1) is 0 Å². The minimum absolute atomic E-state index is 0.0699. The number of hydrogen-bond donors (Lipinski definition) is 1. The summed E-state index contributed by atoms with van der Waals surface area (Å²) in [5.41, 5.74) is 4.26. The van der Waals surface area contributed by atoms with Crippen LogP contribution in [0.15, 0.2) is 121 Å². The third-order valence-corrected chi connectivity index (χ3v) is 16.3. The van der Waals surface area contributed by atoms with Gasteiger partial charge in [0.1, 0.15) is 30.5 Å². The van der Waals surface area contributed by atoms with Gasteiger partial charge in [0.2, 0.25) is 5.91 Å². The van der Waals surface area contributed by atoms with Crippen LogP contribution >= 0.6 is 0 Å². The smallest absolute Gasteiger partial charge is 0.220 e. The monoisotopic (exact) mass is 1100 g/mol. The van der Waals surface area contributed by atoms with Crippen LogP contribution in [0.25, 0.3) is 0 Å². The molecule has 444 valence electrons. The molecule has 2 aliphatic rings. The fourth-order valence-corrected chi connectivity index (χ4v) is 11.8. The van der Waals surface area contributed by atoms with Crippen molar-refractivity contribution in [1.29, 1.82) is 0 Å². The Morgan fingerprint density at radius 2 is 0.838 bits per heavy atom. The first-order valence-electron chi connectivity index (χ1n) is 32.2. The average molecular weight is 1100 g/mol. The summed E-state index contributed by atoms with van der Waals surface area (Å²) in [5, 5.41) is 3.54. The van der Waals surface area contributed by atoms with E-state index in [0.29, 0.717) is 45.7 Å². The van der Waals surface area contributed by atoms with Crippen LogP contribution in [0.4, 0.5) is 0 Å². The van der Waals surface area contributed by atoms with E-state index in [-0.39, 0.29) is 30.8 Å². The van der Waals surface area contributed by atoms with Crippen LogP contribution < -0.4 is 5.32 Å². The first-order valence-corrected chi connectivity index (χ1v) is 32.2. The highest BCUT2D eigenvalue weighted by molar-refractivity contribution is 5.76. The summed E-state index contributed by atoms with van der Waals surface area (Å²) in [5.74, 6) is -0.707. The van der Waals surface area contributed by atoms with Gasteiger partial charge in [-0.3, -0.25) is 4.79 Å². The Hall–Kier alpha value is -3.93. The van der Waals surface area contributed by atoms with E-state index in [9.17, 15) is 4.79 Å². The summed E-state index contributed by atoms with van der Waals surface area (Å²) in [6.07, 6.45) is 30.9. The summed E-state index contributed by atoms with van der Waals surface area (Å²) in [6, 6.07) is 40.8. The van der Waals surface area contributed by atoms with Crippen molar-refractivity contribution >= 4 is 5.91 Å². The van der Waals surface area contributed by atoms with E-state index in [2.05, 4.69) is 67.7 Å². The molecule has 6 rings (SSSR count). The number of carbonyl (C=O) groups is 1. The molecule has 2 aliphatic heterocycles. The predicted octanol–water partition coefficient (Wildman–Crippen LogP) is 17.7. The minimum Gasteiger partial charge on any atom is -0.374 e. The first kappa shape index (κ1) is 65.2. The number of rotatable bonds is 44. The number of carbonyl (C=O) groups excluding carboxylic acids is 1. The molecule has 9 nitrogen and oxygen atoms in total. The van der Waals surface area contributed by atoms with Crippen molar-refractivity contribution in [1.82, 2.24) is 5.32 Å². The number of amides is 1. The second kappa shape index (κ2) is 39.5. The van der Waals surface area contributed by atoms with Crippen molar-refractivity contribution in [2.45, 2.75) is 288 Å². The number of unbranched alkanes of at least 4 members (excludes halogenated alkanes) is 22. The molecule has 0 radical (unpaired) electrons. The fraction of sp³-hybridized carbons (Fsp3) is 0.648. The average Bonchev–Trinajstić information content (AvgIpc) is 3.81. The van der Waals surface area contributed by atoms with E-state index >= 15 is 0 Å². The van der Waals surface area contributed by atoms with Gasteiger partial charge < -0.3 is 38.5 Å². The molecule has 80 heavy (non-hydrogen) atoms. The number of hydrogen-bond acceptors (Lipinski definition) is 8. The maximum atomic E-state index is 14.2. The van der Waals surface area contributed by atoms with Crippen LogP contribution in [0.5, 0.6) is 0 Å². The predicted molar refractivity (Wildman–Crippen MR) is 326 cm³/mol. The van der Waals surface area contributed by atoms with E-state index in [0.717, 1.165) is 60.8 Å². The Morgan fingerprint density at radius 1 is 0.450 bits per heavy atom. The van der Waals surface area contributed by atoms with Gasteiger partial charge in [-0.25, -0.2) is 0 Å². The Kier molecular flexibility index (Phi) is 32.2. The maximum absolute atomic E-state index is 14.2. The van der Waals surface area contributed by atoms with Crippen LogP contribution in [0.2, 0.25) is 0 Å². The minimum atomic E-state index is -0.777. The van der Waals surface area contributed by atoms with Gasteiger partial charge in [0, 0.05) is 6.42 Å². The highest BCUT2D eigenvalue weighted by Crippen LogP contribution is 2.37. The summed E-state index contributed by atoms with van der Waals surface area (Å²) >= 11 is 0. The molecule has 2 heterocycles. The zero-order valence-corrected chi connectivity index (χ0v) is 50.3. The van der Waals surface area contributed by atoms with Crippen LogP contribution in [-0.4, -0.2) is 67.1 Å². The highest BCUT2D eigenvalue weighted by Gasteiger charge is 2.50. The molecule has 2 saturated heterocycles. The summed E-state index contributed by atoms with van der Waals surface area (Å²) in [4.78, 5) is 14.2. The molecule has 2 fully saturated rings. The molecule has 0 aliphatic carbocycles. The summed E-state index contributed by atoms with van der Waals surface area (Å²) in [6.45, 7) is 10.3. The zero-order chi connectivity index (χ0) is 56.1. The topological polar surface area (TPSA) is 93.7 Å². The molecule has 0 unspecified atom stereocenters. The zero-order valence-electron chi connectivity index (χ0n) is 50.3. The largest absolute Gasteiger partial charge is 0.374 e. The van der Waals surface area contributed by atoms with Crippen LogP contribution in [0.3, 0.4) is 0 Å². The van der Waals surface area contributed by atoms with Gasteiger partial charge in [-0.05, 0) is 61.8 Å². The molecule has 4 aromatic carbocycles. The number of ether oxygens (including phenoxy) is 7. The van der Waals surface area contributed by atoms with Crippen molar-refractivity contribution in [3.05, 3.63) is 144 Å². The van der Waals surface area contributed by atoms with Gasteiger partial charge in [0.25, 0.3) is 0 Å². The van der Waals surface area contributed by atoms with Crippen molar-refractivity contribution in [3.8, 4) is 0 Å². The fourth-order valence-electron chi connectivity index (χ4n) is 11.8. The highest BCUT2D eigenvalue weighted by atomic mass is 16.8. The molecule has 9 heteroatoms. The molecule has 0 bridgehead atoms. The van der Waals surface area contributed by atoms with Gasteiger partial charge >= 0.3 is 0 Å². The van der Waals surface area contributed by atoms with E-state index in [1.54, 1.807) is 0 Å². The Balaban J connectivity index is 1.09. The lowest BCUT2D eigenvalue weighted by molar-refractivity contribution is -0.274. The number of benzene rings is 4. The molecule has 1 amide bonds.